The SMILES string of the molecule is CS(=O)(=O)c1ccc(OCC(=O)Nc2cccc(N3CCCC3=O)c2)cc1. The maximum absolute atomic E-state index is 12.1. The zero-order valence-corrected chi connectivity index (χ0v) is 15.7. The number of carbonyl (C=O) groups is 2. The maximum atomic E-state index is 12.1. The molecule has 27 heavy (non-hydrogen) atoms. The highest BCUT2D eigenvalue weighted by Crippen LogP contribution is 2.24. The number of hydrogen-bond acceptors (Lipinski definition) is 5. The van der Waals surface area contributed by atoms with Crippen LogP contribution in [0.2, 0.25) is 0 Å². The molecular formula is C19H20N2O5S. The van der Waals surface area contributed by atoms with Gasteiger partial charge in [-0.15, -0.1) is 0 Å². The monoisotopic (exact) mass is 388 g/mol. The Hall–Kier alpha value is -2.87. The second kappa shape index (κ2) is 7.79. The van der Waals surface area contributed by atoms with Gasteiger partial charge >= 0.3 is 0 Å². The molecule has 0 aromatic heterocycles. The topological polar surface area (TPSA) is 92.8 Å². The molecule has 1 fully saturated rings. The molecule has 2 amide bonds. The van der Waals surface area contributed by atoms with E-state index in [1.165, 1.54) is 24.3 Å². The van der Waals surface area contributed by atoms with Gasteiger partial charge in [0.25, 0.3) is 5.91 Å². The van der Waals surface area contributed by atoms with E-state index in [2.05, 4.69) is 5.32 Å². The first-order valence-corrected chi connectivity index (χ1v) is 10.4. The molecule has 0 saturated carbocycles. The minimum Gasteiger partial charge on any atom is -0.484 e. The van der Waals surface area contributed by atoms with E-state index in [4.69, 9.17) is 4.74 Å². The summed E-state index contributed by atoms with van der Waals surface area (Å²) in [5.74, 6) is 0.125. The Bertz CT molecular complexity index is 954. The summed E-state index contributed by atoms with van der Waals surface area (Å²) in [4.78, 5) is 25.8. The maximum Gasteiger partial charge on any atom is 0.262 e. The second-order valence-corrected chi connectivity index (χ2v) is 8.30. The lowest BCUT2D eigenvalue weighted by Gasteiger charge is -2.16. The average Bonchev–Trinajstić information content (AvgIpc) is 3.06. The third-order valence-electron chi connectivity index (χ3n) is 4.14. The summed E-state index contributed by atoms with van der Waals surface area (Å²) in [7, 11) is -3.27. The quantitative estimate of drug-likeness (QED) is 0.819. The van der Waals surface area contributed by atoms with Crippen LogP contribution in [-0.2, 0) is 19.4 Å². The summed E-state index contributed by atoms with van der Waals surface area (Å²) in [6.45, 7) is 0.466. The molecule has 1 N–H and O–H groups in total. The fourth-order valence-corrected chi connectivity index (χ4v) is 3.43. The summed E-state index contributed by atoms with van der Waals surface area (Å²) in [6, 6.07) is 13.0. The zero-order chi connectivity index (χ0) is 19.4. The van der Waals surface area contributed by atoms with Gasteiger partial charge in [0.1, 0.15) is 5.75 Å². The number of carbonyl (C=O) groups excluding carboxylic acids is 2. The lowest BCUT2D eigenvalue weighted by Crippen LogP contribution is -2.24. The molecular weight excluding hydrogens is 368 g/mol. The lowest BCUT2D eigenvalue weighted by molar-refractivity contribution is -0.118. The third kappa shape index (κ3) is 4.85. The predicted octanol–water partition coefficient (Wildman–Crippen LogP) is 2.23. The Morgan fingerprint density at radius 2 is 1.93 bits per heavy atom. The molecule has 142 valence electrons. The fraction of sp³-hybridized carbons (Fsp3) is 0.263. The molecule has 0 bridgehead atoms. The Morgan fingerprint density at radius 1 is 1.19 bits per heavy atom. The number of nitrogens with one attached hydrogen (secondary N) is 1. The standard InChI is InChI=1S/C19H20N2O5S/c1-27(24,25)17-9-7-16(8-10-17)26-13-18(22)20-14-4-2-5-15(12-14)21-11-3-6-19(21)23/h2,4-5,7-10,12H,3,6,11,13H2,1H3,(H,20,22). The minimum atomic E-state index is -3.27. The van der Waals surface area contributed by atoms with Gasteiger partial charge in [-0.25, -0.2) is 8.42 Å². The second-order valence-electron chi connectivity index (χ2n) is 6.28. The van der Waals surface area contributed by atoms with Gasteiger partial charge in [-0.3, -0.25) is 9.59 Å². The Morgan fingerprint density at radius 3 is 2.56 bits per heavy atom. The van der Waals surface area contributed by atoms with E-state index in [-0.39, 0.29) is 23.3 Å². The molecule has 0 aliphatic carbocycles. The summed E-state index contributed by atoms with van der Waals surface area (Å²) < 4.78 is 28.2. The number of benzene rings is 2. The number of amides is 2. The first kappa shape index (κ1) is 18.9. The number of rotatable bonds is 6. The third-order valence-corrected chi connectivity index (χ3v) is 5.27. The van der Waals surface area contributed by atoms with Gasteiger partial charge in [-0.1, -0.05) is 6.07 Å². The van der Waals surface area contributed by atoms with Crippen LogP contribution in [0.1, 0.15) is 12.8 Å². The number of anilines is 2. The van der Waals surface area contributed by atoms with Gasteiger partial charge in [0.05, 0.1) is 4.90 Å². The van der Waals surface area contributed by atoms with Crippen LogP contribution < -0.4 is 15.0 Å². The average molecular weight is 388 g/mol. The first-order valence-electron chi connectivity index (χ1n) is 8.46. The van der Waals surface area contributed by atoms with Gasteiger partial charge in [0.15, 0.2) is 16.4 Å². The molecule has 2 aromatic carbocycles. The number of ether oxygens (including phenoxy) is 1. The fourth-order valence-electron chi connectivity index (χ4n) is 2.80. The largest absolute Gasteiger partial charge is 0.484 e. The van der Waals surface area contributed by atoms with Crippen molar-refractivity contribution >= 4 is 33.0 Å². The summed E-state index contributed by atoms with van der Waals surface area (Å²) in [5.41, 5.74) is 1.33. The molecule has 7 nitrogen and oxygen atoms in total. The number of sulfone groups is 1. The summed E-state index contributed by atoms with van der Waals surface area (Å²) >= 11 is 0. The van der Waals surface area contributed by atoms with Crippen molar-refractivity contribution < 1.29 is 22.7 Å². The summed E-state index contributed by atoms with van der Waals surface area (Å²) in [5, 5.41) is 2.73. The predicted molar refractivity (Wildman–Crippen MR) is 102 cm³/mol. The molecule has 1 aliphatic rings. The first-order chi connectivity index (χ1) is 12.8. The van der Waals surface area contributed by atoms with Crippen molar-refractivity contribution in [1.29, 1.82) is 0 Å². The van der Waals surface area contributed by atoms with E-state index in [0.717, 1.165) is 18.4 Å². The van der Waals surface area contributed by atoms with E-state index in [9.17, 15) is 18.0 Å². The van der Waals surface area contributed by atoms with Crippen LogP contribution in [0, 0.1) is 0 Å². The Balaban J connectivity index is 1.57. The van der Waals surface area contributed by atoms with E-state index < -0.39 is 9.84 Å². The molecule has 2 aromatic rings. The number of nitrogens with zero attached hydrogens (tertiary/aromatic N) is 1. The molecule has 1 saturated heterocycles. The highest BCUT2D eigenvalue weighted by molar-refractivity contribution is 7.90. The molecule has 0 atom stereocenters. The molecule has 3 rings (SSSR count). The lowest BCUT2D eigenvalue weighted by atomic mass is 10.2. The van der Waals surface area contributed by atoms with E-state index in [0.29, 0.717) is 24.4 Å². The molecule has 0 unspecified atom stereocenters. The van der Waals surface area contributed by atoms with Crippen molar-refractivity contribution in [3.05, 3.63) is 48.5 Å². The Kier molecular flexibility index (Phi) is 5.46. The van der Waals surface area contributed by atoms with Crippen LogP contribution in [-0.4, -0.2) is 39.6 Å². The number of hydrogen-bond donors (Lipinski definition) is 1. The van der Waals surface area contributed by atoms with Gasteiger partial charge in [0, 0.05) is 30.6 Å². The summed E-state index contributed by atoms with van der Waals surface area (Å²) in [6.07, 6.45) is 2.50. The molecule has 8 heteroatoms. The van der Waals surface area contributed by atoms with Gasteiger partial charge in [-0.2, -0.15) is 0 Å². The van der Waals surface area contributed by atoms with Crippen molar-refractivity contribution in [2.45, 2.75) is 17.7 Å². The van der Waals surface area contributed by atoms with Gasteiger partial charge in [0.2, 0.25) is 5.91 Å². The van der Waals surface area contributed by atoms with Crippen LogP contribution in [0.5, 0.6) is 5.75 Å². The van der Waals surface area contributed by atoms with Crippen molar-refractivity contribution in [3.63, 3.8) is 0 Å². The van der Waals surface area contributed by atoms with Crippen LogP contribution in [0.4, 0.5) is 11.4 Å². The molecule has 0 spiro atoms. The van der Waals surface area contributed by atoms with Gasteiger partial charge < -0.3 is 15.0 Å². The molecule has 0 radical (unpaired) electrons. The van der Waals surface area contributed by atoms with Crippen molar-refractivity contribution in [3.8, 4) is 5.75 Å². The van der Waals surface area contributed by atoms with Crippen LogP contribution in [0.3, 0.4) is 0 Å². The van der Waals surface area contributed by atoms with Crippen LogP contribution in [0.15, 0.2) is 53.4 Å². The van der Waals surface area contributed by atoms with Crippen molar-refractivity contribution in [1.82, 2.24) is 0 Å². The highest BCUT2D eigenvalue weighted by Gasteiger charge is 2.21. The van der Waals surface area contributed by atoms with Crippen LogP contribution >= 0.6 is 0 Å². The highest BCUT2D eigenvalue weighted by atomic mass is 32.2. The Labute approximate surface area is 157 Å². The zero-order valence-electron chi connectivity index (χ0n) is 14.8. The van der Waals surface area contributed by atoms with E-state index >= 15 is 0 Å². The van der Waals surface area contributed by atoms with E-state index in [1.54, 1.807) is 23.1 Å². The minimum absolute atomic E-state index is 0.0827. The molecule has 1 aliphatic heterocycles. The van der Waals surface area contributed by atoms with Crippen molar-refractivity contribution in [2.75, 3.05) is 29.6 Å². The van der Waals surface area contributed by atoms with E-state index in [1.807, 2.05) is 6.07 Å². The van der Waals surface area contributed by atoms with Crippen molar-refractivity contribution in [2.24, 2.45) is 0 Å². The van der Waals surface area contributed by atoms with Gasteiger partial charge in [-0.05, 0) is 48.9 Å². The van der Waals surface area contributed by atoms with Crippen LogP contribution in [0.25, 0.3) is 0 Å². The normalized spacial score (nSPS) is 14.3. The smallest absolute Gasteiger partial charge is 0.262 e. The molecule has 1 heterocycles.